The van der Waals surface area contributed by atoms with Crippen LogP contribution in [0, 0.1) is 22.7 Å². The van der Waals surface area contributed by atoms with Crippen LogP contribution < -0.4 is 0 Å². The van der Waals surface area contributed by atoms with Crippen molar-refractivity contribution in [2.24, 2.45) is 22.7 Å². The van der Waals surface area contributed by atoms with Crippen LogP contribution in [0.25, 0.3) is 17.0 Å². The lowest BCUT2D eigenvalue weighted by Gasteiger charge is -2.57. The van der Waals surface area contributed by atoms with E-state index in [1.807, 2.05) is 0 Å². The maximum Gasteiger partial charge on any atom is 0.0711 e. The van der Waals surface area contributed by atoms with Crippen molar-refractivity contribution in [3.8, 4) is 0 Å². The van der Waals surface area contributed by atoms with Gasteiger partial charge in [-0.05, 0) is 84.5 Å². The first-order valence-electron chi connectivity index (χ1n) is 10.4. The Balaban J connectivity index is 1.46. The summed E-state index contributed by atoms with van der Waals surface area (Å²) < 4.78 is 0. The molecule has 0 spiro atoms. The summed E-state index contributed by atoms with van der Waals surface area (Å²) in [7, 11) is 0. The van der Waals surface area contributed by atoms with Gasteiger partial charge in [0.1, 0.15) is 0 Å². The maximum atomic E-state index is 5.08. The molecule has 4 aliphatic carbocycles. The molecule has 26 heavy (non-hydrogen) atoms. The highest BCUT2D eigenvalue weighted by molar-refractivity contribution is 5.82. The molecule has 0 saturated heterocycles. The van der Waals surface area contributed by atoms with Crippen LogP contribution in [0.4, 0.5) is 0 Å². The van der Waals surface area contributed by atoms with E-state index in [4.69, 9.17) is 4.98 Å². The molecular formula is C25H31N. The fourth-order valence-corrected chi connectivity index (χ4v) is 5.63. The summed E-state index contributed by atoms with van der Waals surface area (Å²) in [6, 6.07) is 9.28. The van der Waals surface area contributed by atoms with Gasteiger partial charge in [0.15, 0.2) is 0 Å². The van der Waals surface area contributed by atoms with Crippen molar-refractivity contribution < 1.29 is 0 Å². The largest absolute Gasteiger partial charge is 0.253 e. The summed E-state index contributed by atoms with van der Waals surface area (Å²) in [5.74, 6) is 1.81. The number of hydrogen-bond acceptors (Lipinski definition) is 1. The summed E-state index contributed by atoms with van der Waals surface area (Å²) in [5.41, 5.74) is 7.95. The van der Waals surface area contributed by atoms with Crippen molar-refractivity contribution >= 4 is 17.0 Å². The van der Waals surface area contributed by atoms with Gasteiger partial charge in [-0.1, -0.05) is 51.5 Å². The van der Waals surface area contributed by atoms with Crippen LogP contribution in [-0.2, 0) is 12.8 Å². The first-order chi connectivity index (χ1) is 12.3. The topological polar surface area (TPSA) is 12.9 Å². The van der Waals surface area contributed by atoms with Gasteiger partial charge in [0.05, 0.1) is 5.52 Å². The van der Waals surface area contributed by atoms with E-state index < -0.39 is 0 Å². The Labute approximate surface area is 157 Å². The molecule has 136 valence electrons. The highest BCUT2D eigenvalue weighted by Crippen LogP contribution is 2.60. The lowest BCUT2D eigenvalue weighted by Crippen LogP contribution is -2.48. The minimum atomic E-state index is 0.392. The van der Waals surface area contributed by atoms with E-state index in [1.54, 1.807) is 5.57 Å². The fourth-order valence-electron chi connectivity index (χ4n) is 5.63. The molecule has 2 bridgehead atoms. The smallest absolute Gasteiger partial charge is 0.0711 e. The molecule has 0 aliphatic heterocycles. The van der Waals surface area contributed by atoms with Crippen molar-refractivity contribution in [2.45, 2.75) is 66.2 Å². The molecule has 0 N–H and O–H groups in total. The van der Waals surface area contributed by atoms with Crippen LogP contribution >= 0.6 is 0 Å². The van der Waals surface area contributed by atoms with Crippen molar-refractivity contribution in [1.29, 1.82) is 0 Å². The Hall–Kier alpha value is -1.63. The maximum absolute atomic E-state index is 5.08. The number of benzene rings is 1. The Morgan fingerprint density at radius 1 is 1.04 bits per heavy atom. The van der Waals surface area contributed by atoms with Crippen molar-refractivity contribution in [2.75, 3.05) is 0 Å². The van der Waals surface area contributed by atoms with E-state index in [2.05, 4.69) is 58.0 Å². The summed E-state index contributed by atoms with van der Waals surface area (Å²) in [6.07, 6.45) is 10.1. The van der Waals surface area contributed by atoms with E-state index in [0.717, 1.165) is 18.3 Å². The Morgan fingerprint density at radius 2 is 1.81 bits per heavy atom. The molecule has 1 aromatic carbocycles. The van der Waals surface area contributed by atoms with Gasteiger partial charge in [-0.15, -0.1) is 0 Å². The van der Waals surface area contributed by atoms with Crippen LogP contribution in [-0.4, -0.2) is 4.98 Å². The van der Waals surface area contributed by atoms with Gasteiger partial charge in [0, 0.05) is 11.1 Å². The molecule has 2 atom stereocenters. The molecule has 0 radical (unpaired) electrons. The number of aryl methyl sites for hydroxylation is 1. The Morgan fingerprint density at radius 3 is 2.54 bits per heavy atom. The number of allylic oxidation sites excluding steroid dienone is 1. The second kappa shape index (κ2) is 5.44. The van der Waals surface area contributed by atoms with E-state index >= 15 is 0 Å². The third-order valence-corrected chi connectivity index (χ3v) is 7.79. The number of pyridine rings is 1. The van der Waals surface area contributed by atoms with Gasteiger partial charge in [0.2, 0.25) is 0 Å². The molecule has 0 unspecified atom stereocenters. The standard InChI is InChI=1S/C25H31N/c1-24(2)8-7-19-13-18-6-5-16(12-22(18)26-23(19)15-24)9-17-10-20-14-21(11-17)25(20,3)4/h5-6,9,12-13,20-21H,7-8,10-11,14-15H2,1-4H3/t20-,21+. The number of aromatic nitrogens is 1. The van der Waals surface area contributed by atoms with Gasteiger partial charge in [-0.25, -0.2) is 0 Å². The lowest BCUT2D eigenvalue weighted by molar-refractivity contribution is -0.0423. The minimum absolute atomic E-state index is 0.392. The van der Waals surface area contributed by atoms with Crippen LogP contribution in [0.15, 0.2) is 29.8 Å². The average molecular weight is 346 g/mol. The van der Waals surface area contributed by atoms with Gasteiger partial charge < -0.3 is 0 Å². The highest BCUT2D eigenvalue weighted by Gasteiger charge is 2.51. The van der Waals surface area contributed by atoms with Crippen LogP contribution in [0.3, 0.4) is 0 Å². The van der Waals surface area contributed by atoms with Crippen LogP contribution in [0.2, 0.25) is 0 Å². The first-order valence-corrected chi connectivity index (χ1v) is 10.4. The highest BCUT2D eigenvalue weighted by atomic mass is 14.7. The van der Waals surface area contributed by atoms with Crippen molar-refractivity contribution in [1.82, 2.24) is 4.98 Å². The number of hydrogen-bond donors (Lipinski definition) is 0. The van der Waals surface area contributed by atoms with Crippen molar-refractivity contribution in [3.05, 3.63) is 46.7 Å². The Bertz CT molecular complexity index is 899. The normalized spacial score (nSPS) is 30.1. The summed E-state index contributed by atoms with van der Waals surface area (Å²) in [4.78, 5) is 5.08. The van der Waals surface area contributed by atoms with Crippen LogP contribution in [0.1, 0.15) is 70.2 Å². The predicted molar refractivity (Wildman–Crippen MR) is 110 cm³/mol. The zero-order valence-corrected chi connectivity index (χ0v) is 16.7. The summed E-state index contributed by atoms with van der Waals surface area (Å²) in [5, 5.41) is 1.30. The van der Waals surface area contributed by atoms with E-state index in [9.17, 15) is 0 Å². The molecule has 3 saturated carbocycles. The molecule has 0 amide bonds. The van der Waals surface area contributed by atoms with Crippen LogP contribution in [0.5, 0.6) is 0 Å². The number of fused-ring (bicyclic) bond motifs is 4. The third-order valence-electron chi connectivity index (χ3n) is 7.79. The molecule has 4 aliphatic rings. The minimum Gasteiger partial charge on any atom is -0.253 e. The Kier molecular flexibility index (Phi) is 3.46. The number of rotatable bonds is 1. The van der Waals surface area contributed by atoms with Gasteiger partial charge in [-0.2, -0.15) is 0 Å². The SMILES string of the molecule is CC1(C)CCc2cc3ccc(C=C4C[C@@H]5C[C@H](C4)C5(C)C)cc3nc2C1. The van der Waals surface area contributed by atoms with E-state index in [0.29, 0.717) is 10.8 Å². The van der Waals surface area contributed by atoms with Gasteiger partial charge in [-0.3, -0.25) is 4.98 Å². The predicted octanol–water partition coefficient (Wildman–Crippen LogP) is 6.59. The zero-order valence-electron chi connectivity index (χ0n) is 16.7. The third kappa shape index (κ3) is 2.63. The number of nitrogens with zero attached hydrogens (tertiary/aromatic N) is 1. The molecule has 2 aromatic rings. The molecule has 1 nitrogen and oxygen atoms in total. The first kappa shape index (κ1) is 16.5. The summed E-state index contributed by atoms with van der Waals surface area (Å²) >= 11 is 0. The van der Waals surface area contributed by atoms with E-state index in [-0.39, 0.29) is 0 Å². The molecule has 1 aromatic heterocycles. The second-order valence-corrected chi connectivity index (χ2v) is 10.5. The zero-order chi connectivity index (χ0) is 18.1. The monoisotopic (exact) mass is 345 g/mol. The molecular weight excluding hydrogens is 314 g/mol. The quantitative estimate of drug-likeness (QED) is 0.568. The fraction of sp³-hybridized carbons (Fsp3) is 0.560. The van der Waals surface area contributed by atoms with E-state index in [1.165, 1.54) is 59.8 Å². The van der Waals surface area contributed by atoms with Crippen molar-refractivity contribution in [3.63, 3.8) is 0 Å². The molecule has 6 rings (SSSR count). The second-order valence-electron chi connectivity index (χ2n) is 10.5. The molecule has 1 heterocycles. The molecule has 1 heteroatoms. The average Bonchev–Trinajstić information content (AvgIpc) is 2.59. The van der Waals surface area contributed by atoms with Gasteiger partial charge in [0.25, 0.3) is 0 Å². The van der Waals surface area contributed by atoms with Gasteiger partial charge >= 0.3 is 0 Å². The lowest BCUT2D eigenvalue weighted by atomic mass is 9.48. The molecule has 3 fully saturated rings. The summed E-state index contributed by atoms with van der Waals surface area (Å²) in [6.45, 7) is 9.68.